The first kappa shape index (κ1) is 11.3. The van der Waals surface area contributed by atoms with Gasteiger partial charge >= 0.3 is 0 Å². The van der Waals surface area contributed by atoms with E-state index >= 15 is 0 Å². The van der Waals surface area contributed by atoms with E-state index in [-0.39, 0.29) is 0 Å². The maximum absolute atomic E-state index is 8.88. The van der Waals surface area contributed by atoms with Gasteiger partial charge in [-0.2, -0.15) is 10.5 Å². The summed E-state index contributed by atoms with van der Waals surface area (Å²) in [5, 5.41) is 27.9. The van der Waals surface area contributed by atoms with E-state index in [2.05, 4.69) is 15.5 Å². The number of anilines is 2. The number of hydrogen-bond acceptors (Lipinski definition) is 6. The number of hydrogen-bond donors (Lipinski definition) is 2. The lowest BCUT2D eigenvalue weighted by Crippen LogP contribution is -1.92. The summed E-state index contributed by atoms with van der Waals surface area (Å²) in [7, 11) is 0. The summed E-state index contributed by atoms with van der Waals surface area (Å²) in [4.78, 5) is 0. The zero-order valence-electron chi connectivity index (χ0n) is 8.39. The zero-order chi connectivity index (χ0) is 12.3. The molecule has 2 aromatic rings. The molecule has 0 aliphatic heterocycles. The average Bonchev–Trinajstić information content (AvgIpc) is 2.74. The number of aromatic nitrogens is 2. The van der Waals surface area contributed by atoms with Gasteiger partial charge in [-0.05, 0) is 30.4 Å². The van der Waals surface area contributed by atoms with E-state index in [0.717, 1.165) is 0 Å². The normalized spacial score (nSPS) is 9.29. The molecule has 7 heteroatoms. The van der Waals surface area contributed by atoms with Crippen molar-refractivity contribution in [3.05, 3.63) is 33.3 Å². The molecule has 0 unspecified atom stereocenters. The second-order valence-electron chi connectivity index (χ2n) is 3.03. The van der Waals surface area contributed by atoms with Gasteiger partial charge in [0.2, 0.25) is 5.13 Å². The van der Waals surface area contributed by atoms with Gasteiger partial charge in [-0.3, -0.25) is 5.10 Å². The van der Waals surface area contributed by atoms with Gasteiger partial charge in [0.05, 0.1) is 11.1 Å². The second kappa shape index (κ2) is 4.74. The third-order valence-electron chi connectivity index (χ3n) is 1.95. The Morgan fingerprint density at radius 1 is 1.29 bits per heavy atom. The van der Waals surface area contributed by atoms with Crippen LogP contribution < -0.4 is 5.32 Å². The predicted molar refractivity (Wildman–Crippen MR) is 66.5 cm³/mol. The lowest BCUT2D eigenvalue weighted by molar-refractivity contribution is 1.08. The molecule has 0 aliphatic rings. The topological polar surface area (TPSA) is 88.3 Å². The van der Waals surface area contributed by atoms with Crippen LogP contribution in [-0.2, 0) is 0 Å². The molecule has 0 radical (unpaired) electrons. The van der Waals surface area contributed by atoms with Gasteiger partial charge in [0.15, 0.2) is 3.95 Å². The van der Waals surface area contributed by atoms with Crippen molar-refractivity contribution in [3.63, 3.8) is 0 Å². The number of benzene rings is 1. The molecule has 0 bridgehead atoms. The fourth-order valence-corrected chi connectivity index (χ4v) is 2.03. The highest BCUT2D eigenvalue weighted by Gasteiger charge is 2.04. The van der Waals surface area contributed by atoms with Crippen molar-refractivity contribution in [3.8, 4) is 12.1 Å². The van der Waals surface area contributed by atoms with E-state index < -0.39 is 0 Å². The van der Waals surface area contributed by atoms with Crippen molar-refractivity contribution in [2.45, 2.75) is 0 Å². The lowest BCUT2D eigenvalue weighted by Gasteiger charge is -2.02. The van der Waals surface area contributed by atoms with Crippen LogP contribution in [0.2, 0.25) is 0 Å². The Labute approximate surface area is 106 Å². The number of nitriles is 2. The summed E-state index contributed by atoms with van der Waals surface area (Å²) in [5.74, 6) is 0. The van der Waals surface area contributed by atoms with Crippen LogP contribution in [0.3, 0.4) is 0 Å². The minimum atomic E-state index is 0.330. The summed E-state index contributed by atoms with van der Waals surface area (Å²) >= 11 is 6.20. The fourth-order valence-electron chi connectivity index (χ4n) is 1.22. The second-order valence-corrected chi connectivity index (χ2v) is 4.69. The Kier molecular flexibility index (Phi) is 3.15. The van der Waals surface area contributed by atoms with Crippen LogP contribution in [0.4, 0.5) is 10.8 Å². The van der Waals surface area contributed by atoms with Gasteiger partial charge < -0.3 is 5.32 Å². The van der Waals surface area contributed by atoms with Crippen LogP contribution >= 0.6 is 23.6 Å². The Morgan fingerprint density at radius 3 is 2.65 bits per heavy atom. The average molecular weight is 259 g/mol. The molecule has 0 saturated carbocycles. The van der Waals surface area contributed by atoms with Crippen molar-refractivity contribution >= 4 is 34.4 Å². The highest BCUT2D eigenvalue weighted by atomic mass is 32.1. The molecule has 1 heterocycles. The van der Waals surface area contributed by atoms with Crippen LogP contribution in [0.25, 0.3) is 0 Å². The number of nitrogens with zero attached hydrogens (tertiary/aromatic N) is 3. The van der Waals surface area contributed by atoms with E-state index in [4.69, 9.17) is 22.7 Å². The lowest BCUT2D eigenvalue weighted by atomic mass is 10.1. The molecule has 82 valence electrons. The molecule has 2 N–H and O–H groups in total. The first-order valence-electron chi connectivity index (χ1n) is 4.49. The summed E-state index contributed by atoms with van der Waals surface area (Å²) in [5.41, 5.74) is 1.38. The molecule has 2 rings (SSSR count). The van der Waals surface area contributed by atoms with Gasteiger partial charge in [-0.15, -0.1) is 5.10 Å². The Balaban J connectivity index is 2.33. The molecule has 0 amide bonds. The summed E-state index contributed by atoms with van der Waals surface area (Å²) in [6.07, 6.45) is 0. The van der Waals surface area contributed by atoms with E-state index in [1.165, 1.54) is 11.3 Å². The Hall–Kier alpha value is -2.22. The zero-order valence-corrected chi connectivity index (χ0v) is 10.0. The van der Waals surface area contributed by atoms with Gasteiger partial charge in [-0.1, -0.05) is 11.3 Å². The summed E-state index contributed by atoms with van der Waals surface area (Å²) < 4.78 is 0.571. The number of nitrogens with one attached hydrogen (secondary N) is 2. The van der Waals surface area contributed by atoms with E-state index in [1.807, 2.05) is 12.1 Å². The standard InChI is InChI=1S/C10H5N5S2/c11-4-6-1-2-8(3-7(6)5-12)13-9-14-15-10(16)17-9/h1-3H,(H,13,14)(H,15,16). The molecule has 0 aliphatic carbocycles. The number of aromatic amines is 1. The molecule has 0 saturated heterocycles. The van der Waals surface area contributed by atoms with Crippen molar-refractivity contribution in [1.29, 1.82) is 10.5 Å². The third kappa shape index (κ3) is 2.48. The molecule has 1 aromatic heterocycles. The van der Waals surface area contributed by atoms with E-state index in [0.29, 0.717) is 25.9 Å². The highest BCUT2D eigenvalue weighted by Crippen LogP contribution is 2.21. The molecule has 5 nitrogen and oxygen atoms in total. The molecule has 1 aromatic carbocycles. The van der Waals surface area contributed by atoms with Crippen LogP contribution in [0.5, 0.6) is 0 Å². The first-order chi connectivity index (χ1) is 8.22. The predicted octanol–water partition coefficient (Wildman–Crippen LogP) is 2.69. The maximum atomic E-state index is 8.88. The fraction of sp³-hybridized carbons (Fsp3) is 0. The van der Waals surface area contributed by atoms with Crippen LogP contribution in [-0.4, -0.2) is 10.2 Å². The third-order valence-corrected chi connectivity index (χ3v) is 2.95. The number of H-pyrrole nitrogens is 1. The quantitative estimate of drug-likeness (QED) is 0.809. The van der Waals surface area contributed by atoms with Crippen molar-refractivity contribution in [2.75, 3.05) is 5.32 Å². The van der Waals surface area contributed by atoms with Crippen molar-refractivity contribution in [2.24, 2.45) is 0 Å². The van der Waals surface area contributed by atoms with Gasteiger partial charge in [0, 0.05) is 5.69 Å². The Bertz CT molecular complexity index is 686. The van der Waals surface area contributed by atoms with Crippen LogP contribution in [0.15, 0.2) is 18.2 Å². The van der Waals surface area contributed by atoms with Crippen molar-refractivity contribution in [1.82, 2.24) is 10.2 Å². The molecule has 0 fully saturated rings. The smallest absolute Gasteiger partial charge is 0.208 e. The summed E-state index contributed by atoms with van der Waals surface area (Å²) in [6, 6.07) is 8.83. The first-order valence-corrected chi connectivity index (χ1v) is 5.72. The van der Waals surface area contributed by atoms with E-state index in [1.54, 1.807) is 18.2 Å². The maximum Gasteiger partial charge on any atom is 0.208 e. The minimum Gasteiger partial charge on any atom is -0.330 e. The number of rotatable bonds is 2. The van der Waals surface area contributed by atoms with Gasteiger partial charge in [0.1, 0.15) is 12.1 Å². The van der Waals surface area contributed by atoms with Crippen LogP contribution in [0, 0.1) is 26.6 Å². The van der Waals surface area contributed by atoms with Gasteiger partial charge in [-0.25, -0.2) is 0 Å². The molecule has 0 atom stereocenters. The summed E-state index contributed by atoms with van der Waals surface area (Å²) in [6.45, 7) is 0. The monoisotopic (exact) mass is 259 g/mol. The molecular weight excluding hydrogens is 254 g/mol. The van der Waals surface area contributed by atoms with Crippen molar-refractivity contribution < 1.29 is 0 Å². The van der Waals surface area contributed by atoms with Gasteiger partial charge in [0.25, 0.3) is 0 Å². The largest absolute Gasteiger partial charge is 0.330 e. The molecule has 0 spiro atoms. The molecular formula is C10H5N5S2. The van der Waals surface area contributed by atoms with Crippen LogP contribution in [0.1, 0.15) is 11.1 Å². The van der Waals surface area contributed by atoms with E-state index in [9.17, 15) is 0 Å². The minimum absolute atomic E-state index is 0.330. The highest BCUT2D eigenvalue weighted by molar-refractivity contribution is 7.73. The SMILES string of the molecule is N#Cc1ccc(Nc2n[nH]c(=S)s2)cc1C#N. The Morgan fingerprint density at radius 2 is 2.06 bits per heavy atom. The molecule has 17 heavy (non-hydrogen) atoms.